The molecule has 0 aliphatic rings. The summed E-state index contributed by atoms with van der Waals surface area (Å²) < 4.78 is 1.03. The van der Waals surface area contributed by atoms with Gasteiger partial charge in [0, 0.05) is 10.0 Å². The molecule has 0 radical (unpaired) electrons. The lowest BCUT2D eigenvalue weighted by Gasteiger charge is -2.36. The van der Waals surface area contributed by atoms with Crippen molar-refractivity contribution < 1.29 is 0 Å². The largest absolute Gasteiger partial charge is 0.204 e. The first kappa shape index (κ1) is 15.1. The number of halogens is 1. The van der Waals surface area contributed by atoms with Gasteiger partial charge in [-0.1, -0.05) is 41.6 Å². The third-order valence-corrected chi connectivity index (χ3v) is 7.82. The number of nitrogens with zero attached hydrogens (tertiary/aromatic N) is 4. The standard InChI is InChI=1S/C14H19BrN4Si/c1-6-14(2,20(3,4)5)19-17-13(16-18-19)11-7-9-12(15)10-8-11/h6-10H,1H2,2-5H3/t14-/m1/s1. The molecule has 0 N–H and O–H groups in total. The molecule has 6 heteroatoms. The zero-order valence-electron chi connectivity index (χ0n) is 12.3. The van der Waals surface area contributed by atoms with Crippen molar-refractivity contribution in [2.75, 3.05) is 0 Å². The predicted molar refractivity (Wildman–Crippen MR) is 88.1 cm³/mol. The van der Waals surface area contributed by atoms with Crippen LogP contribution in [0.1, 0.15) is 6.92 Å². The Hall–Kier alpha value is -1.27. The number of benzene rings is 1. The maximum absolute atomic E-state index is 4.56. The average Bonchev–Trinajstić information content (AvgIpc) is 2.87. The maximum atomic E-state index is 4.56. The molecule has 0 saturated heterocycles. The first-order valence-corrected chi connectivity index (χ1v) is 10.8. The lowest BCUT2D eigenvalue weighted by molar-refractivity contribution is 0.422. The number of allylic oxidation sites excluding steroid dienone is 1. The third kappa shape index (κ3) is 2.62. The molecule has 0 aliphatic carbocycles. The van der Waals surface area contributed by atoms with Gasteiger partial charge >= 0.3 is 0 Å². The molecule has 0 amide bonds. The van der Waals surface area contributed by atoms with Crippen LogP contribution in [-0.4, -0.2) is 28.3 Å². The minimum Gasteiger partial charge on any atom is -0.157 e. The second-order valence-corrected chi connectivity index (χ2v) is 12.4. The molecule has 2 rings (SSSR count). The van der Waals surface area contributed by atoms with Crippen LogP contribution in [0.25, 0.3) is 11.4 Å². The van der Waals surface area contributed by atoms with Crippen LogP contribution in [0.5, 0.6) is 0 Å². The second kappa shape index (κ2) is 5.25. The highest BCUT2D eigenvalue weighted by Crippen LogP contribution is 2.29. The molecule has 20 heavy (non-hydrogen) atoms. The number of rotatable bonds is 4. The molecule has 1 atom stereocenters. The summed E-state index contributed by atoms with van der Waals surface area (Å²) in [7, 11) is -1.58. The molecule has 2 aromatic rings. The van der Waals surface area contributed by atoms with Gasteiger partial charge in [-0.25, -0.2) is 0 Å². The van der Waals surface area contributed by atoms with E-state index < -0.39 is 8.07 Å². The molecule has 0 unspecified atom stereocenters. The van der Waals surface area contributed by atoms with Crippen molar-refractivity contribution >= 4 is 24.0 Å². The quantitative estimate of drug-likeness (QED) is 0.620. The van der Waals surface area contributed by atoms with Gasteiger partial charge in [-0.2, -0.15) is 4.80 Å². The van der Waals surface area contributed by atoms with Crippen LogP contribution in [0.3, 0.4) is 0 Å². The summed E-state index contributed by atoms with van der Waals surface area (Å²) in [6, 6.07) is 7.90. The van der Waals surface area contributed by atoms with Crippen LogP contribution in [-0.2, 0) is 5.16 Å². The van der Waals surface area contributed by atoms with Crippen LogP contribution < -0.4 is 0 Å². The number of tetrazole rings is 1. The van der Waals surface area contributed by atoms with E-state index in [2.05, 4.69) is 64.5 Å². The van der Waals surface area contributed by atoms with E-state index in [-0.39, 0.29) is 5.16 Å². The lowest BCUT2D eigenvalue weighted by atomic mass is 10.2. The zero-order valence-corrected chi connectivity index (χ0v) is 14.8. The summed E-state index contributed by atoms with van der Waals surface area (Å²) >= 11 is 3.42. The zero-order chi connectivity index (χ0) is 15.0. The van der Waals surface area contributed by atoms with Crippen molar-refractivity contribution in [3.8, 4) is 11.4 Å². The first-order valence-electron chi connectivity index (χ1n) is 6.48. The van der Waals surface area contributed by atoms with Gasteiger partial charge in [-0.3, -0.25) is 0 Å². The topological polar surface area (TPSA) is 43.6 Å². The van der Waals surface area contributed by atoms with Gasteiger partial charge < -0.3 is 0 Å². The fourth-order valence-corrected chi connectivity index (χ4v) is 3.38. The van der Waals surface area contributed by atoms with E-state index in [1.165, 1.54) is 0 Å². The van der Waals surface area contributed by atoms with E-state index in [0.717, 1.165) is 10.0 Å². The van der Waals surface area contributed by atoms with Crippen molar-refractivity contribution in [1.82, 2.24) is 20.2 Å². The van der Waals surface area contributed by atoms with E-state index in [1.807, 2.05) is 30.3 Å². The Morgan fingerprint density at radius 2 is 1.85 bits per heavy atom. The van der Waals surface area contributed by atoms with Crippen LogP contribution >= 0.6 is 15.9 Å². The summed E-state index contributed by atoms with van der Waals surface area (Å²) in [5, 5.41) is 12.7. The SMILES string of the molecule is C=C[C@](C)(n1nnc(-c2ccc(Br)cc2)n1)[Si](C)(C)C. The van der Waals surface area contributed by atoms with E-state index in [0.29, 0.717) is 5.82 Å². The molecule has 0 aliphatic heterocycles. The first-order chi connectivity index (χ1) is 9.28. The lowest BCUT2D eigenvalue weighted by Crippen LogP contribution is -2.51. The monoisotopic (exact) mass is 350 g/mol. The van der Waals surface area contributed by atoms with Crippen molar-refractivity contribution in [1.29, 1.82) is 0 Å². The highest BCUT2D eigenvalue weighted by atomic mass is 79.9. The Kier molecular flexibility index (Phi) is 3.97. The Morgan fingerprint density at radius 3 is 2.35 bits per heavy atom. The predicted octanol–water partition coefficient (Wildman–Crippen LogP) is 3.88. The Balaban J connectivity index is 2.43. The second-order valence-electron chi connectivity index (χ2n) is 6.01. The van der Waals surface area contributed by atoms with Crippen molar-refractivity contribution in [2.24, 2.45) is 0 Å². The van der Waals surface area contributed by atoms with Gasteiger partial charge in [-0.15, -0.1) is 16.8 Å². The maximum Gasteiger partial charge on any atom is 0.204 e. The Bertz CT molecular complexity index is 615. The normalized spacial score (nSPS) is 14.8. The smallest absolute Gasteiger partial charge is 0.157 e. The summed E-state index contributed by atoms with van der Waals surface area (Å²) in [6.45, 7) is 12.9. The van der Waals surface area contributed by atoms with Gasteiger partial charge in [-0.05, 0) is 36.4 Å². The number of hydrogen-bond donors (Lipinski definition) is 0. The van der Waals surface area contributed by atoms with Crippen molar-refractivity contribution in [2.45, 2.75) is 31.7 Å². The van der Waals surface area contributed by atoms with E-state index in [9.17, 15) is 0 Å². The molecule has 0 bridgehead atoms. The molecule has 0 saturated carbocycles. The number of hydrogen-bond acceptors (Lipinski definition) is 3. The summed E-state index contributed by atoms with van der Waals surface area (Å²) in [5.41, 5.74) is 0.960. The highest BCUT2D eigenvalue weighted by Gasteiger charge is 2.40. The van der Waals surface area contributed by atoms with Crippen LogP contribution in [0.2, 0.25) is 19.6 Å². The molecule has 106 valence electrons. The van der Waals surface area contributed by atoms with E-state index >= 15 is 0 Å². The summed E-state index contributed by atoms with van der Waals surface area (Å²) in [4.78, 5) is 1.71. The summed E-state index contributed by atoms with van der Waals surface area (Å²) in [6.07, 6.45) is 1.94. The fourth-order valence-electron chi connectivity index (χ4n) is 1.81. The van der Waals surface area contributed by atoms with Crippen molar-refractivity contribution in [3.63, 3.8) is 0 Å². The van der Waals surface area contributed by atoms with Gasteiger partial charge in [0.05, 0.1) is 13.2 Å². The molecule has 0 fully saturated rings. The van der Waals surface area contributed by atoms with E-state index in [4.69, 9.17) is 0 Å². The fraction of sp³-hybridized carbons (Fsp3) is 0.357. The van der Waals surface area contributed by atoms with Gasteiger partial charge in [0.2, 0.25) is 5.82 Å². The van der Waals surface area contributed by atoms with Gasteiger partial charge in [0.1, 0.15) is 0 Å². The molecule has 1 aromatic carbocycles. The Labute approximate surface area is 129 Å². The van der Waals surface area contributed by atoms with Crippen LogP contribution in [0, 0.1) is 0 Å². The third-order valence-electron chi connectivity index (χ3n) is 3.85. The summed E-state index contributed by atoms with van der Waals surface area (Å²) in [5.74, 6) is 0.642. The minimum atomic E-state index is -1.58. The van der Waals surface area contributed by atoms with Crippen LogP contribution in [0.15, 0.2) is 41.4 Å². The van der Waals surface area contributed by atoms with Crippen molar-refractivity contribution in [3.05, 3.63) is 41.4 Å². The number of aromatic nitrogens is 4. The molecule has 1 heterocycles. The molecular weight excluding hydrogens is 332 g/mol. The van der Waals surface area contributed by atoms with E-state index in [1.54, 1.807) is 4.80 Å². The average molecular weight is 351 g/mol. The highest BCUT2D eigenvalue weighted by molar-refractivity contribution is 9.10. The van der Waals surface area contributed by atoms with Crippen LogP contribution in [0.4, 0.5) is 0 Å². The minimum absolute atomic E-state index is 0.256. The molecule has 4 nitrogen and oxygen atoms in total. The molecule has 1 aromatic heterocycles. The van der Waals surface area contributed by atoms with Gasteiger partial charge in [0.25, 0.3) is 0 Å². The molecular formula is C14H19BrN4Si. The molecule has 0 spiro atoms. The van der Waals surface area contributed by atoms with Gasteiger partial charge in [0.15, 0.2) is 0 Å². The Morgan fingerprint density at radius 1 is 1.25 bits per heavy atom.